The van der Waals surface area contributed by atoms with Crippen LogP contribution in [0.1, 0.15) is 24.1 Å². The van der Waals surface area contributed by atoms with E-state index >= 15 is 0 Å². The number of hydrogen-bond donors (Lipinski definition) is 1. The fourth-order valence-electron chi connectivity index (χ4n) is 1.15. The average Bonchev–Trinajstić information content (AvgIpc) is 2.53. The molecule has 2 N–H and O–H groups in total. The summed E-state index contributed by atoms with van der Waals surface area (Å²) in [7, 11) is 0. The Morgan fingerprint density at radius 2 is 2.45 bits per heavy atom. The average molecular weight is 168 g/mol. The van der Waals surface area contributed by atoms with Crippen LogP contribution in [0.15, 0.2) is 11.7 Å². The van der Waals surface area contributed by atoms with Gasteiger partial charge in [0.15, 0.2) is 0 Å². The number of nitrogens with two attached hydrogens (primary N) is 1. The third-order valence-corrected chi connectivity index (χ3v) is 3.08. The highest BCUT2D eigenvalue weighted by Gasteiger charge is 2.37. The maximum atomic E-state index is 5.95. The zero-order valence-corrected chi connectivity index (χ0v) is 7.23. The molecular weight excluding hydrogens is 156 g/mol. The summed E-state index contributed by atoms with van der Waals surface area (Å²) in [5.74, 6) is 0. The first-order valence-corrected chi connectivity index (χ1v) is 4.83. The van der Waals surface area contributed by atoms with Crippen molar-refractivity contribution in [3.8, 4) is 0 Å². The molecule has 0 aromatic carbocycles. The van der Waals surface area contributed by atoms with Gasteiger partial charge in [0.25, 0.3) is 0 Å². The molecule has 0 atom stereocenters. The Bertz CT molecular complexity index is 226. The molecule has 0 bridgehead atoms. The standard InChI is InChI=1S/C8H12N2S/c9-8(3-4-8)2-1-7-5-10-6-11-7/h5-6H,1-4,9H2. The van der Waals surface area contributed by atoms with Gasteiger partial charge in [-0.1, -0.05) is 0 Å². The van der Waals surface area contributed by atoms with Gasteiger partial charge in [0.1, 0.15) is 0 Å². The van der Waals surface area contributed by atoms with Crippen molar-refractivity contribution >= 4 is 11.3 Å². The van der Waals surface area contributed by atoms with Crippen LogP contribution in [0.2, 0.25) is 0 Å². The second-order valence-electron chi connectivity index (χ2n) is 3.33. The highest BCUT2D eigenvalue weighted by atomic mass is 32.1. The smallest absolute Gasteiger partial charge is 0.0794 e. The summed E-state index contributed by atoms with van der Waals surface area (Å²) in [4.78, 5) is 5.38. The van der Waals surface area contributed by atoms with Gasteiger partial charge in [-0.15, -0.1) is 11.3 Å². The number of aryl methyl sites for hydroxylation is 1. The highest BCUT2D eigenvalue weighted by Crippen LogP contribution is 2.36. The molecule has 11 heavy (non-hydrogen) atoms. The lowest BCUT2D eigenvalue weighted by Crippen LogP contribution is -2.21. The zero-order valence-electron chi connectivity index (χ0n) is 6.42. The van der Waals surface area contributed by atoms with Crippen molar-refractivity contribution in [2.45, 2.75) is 31.2 Å². The Balaban J connectivity index is 1.83. The minimum absolute atomic E-state index is 0.198. The summed E-state index contributed by atoms with van der Waals surface area (Å²) < 4.78 is 0. The van der Waals surface area contributed by atoms with Crippen LogP contribution in [-0.2, 0) is 6.42 Å². The summed E-state index contributed by atoms with van der Waals surface area (Å²) in [6.07, 6.45) is 6.62. The lowest BCUT2D eigenvalue weighted by molar-refractivity contribution is 0.612. The number of aromatic nitrogens is 1. The van der Waals surface area contributed by atoms with Gasteiger partial charge in [-0.2, -0.15) is 0 Å². The van der Waals surface area contributed by atoms with E-state index in [9.17, 15) is 0 Å². The second kappa shape index (κ2) is 2.57. The normalized spacial score (nSPS) is 20.1. The molecule has 1 aliphatic rings. The van der Waals surface area contributed by atoms with E-state index in [1.807, 2.05) is 11.7 Å². The molecule has 0 aliphatic heterocycles. The molecule has 2 rings (SSSR count). The lowest BCUT2D eigenvalue weighted by atomic mass is 10.1. The van der Waals surface area contributed by atoms with E-state index in [2.05, 4.69) is 4.98 Å². The summed E-state index contributed by atoms with van der Waals surface area (Å²) in [6.45, 7) is 0. The van der Waals surface area contributed by atoms with Gasteiger partial charge in [0, 0.05) is 16.6 Å². The van der Waals surface area contributed by atoms with Crippen LogP contribution in [0.5, 0.6) is 0 Å². The molecule has 2 nitrogen and oxygen atoms in total. The predicted molar refractivity (Wildman–Crippen MR) is 46.6 cm³/mol. The topological polar surface area (TPSA) is 38.9 Å². The molecule has 1 aliphatic carbocycles. The van der Waals surface area contributed by atoms with Crippen LogP contribution in [0.25, 0.3) is 0 Å². The van der Waals surface area contributed by atoms with Crippen molar-refractivity contribution in [2.24, 2.45) is 5.73 Å². The largest absolute Gasteiger partial charge is 0.325 e. The third kappa shape index (κ3) is 1.79. The van der Waals surface area contributed by atoms with E-state index in [1.54, 1.807) is 11.3 Å². The van der Waals surface area contributed by atoms with Crippen molar-refractivity contribution in [2.75, 3.05) is 0 Å². The first-order chi connectivity index (χ1) is 5.29. The summed E-state index contributed by atoms with van der Waals surface area (Å²) in [5.41, 5.74) is 8.03. The van der Waals surface area contributed by atoms with E-state index in [1.165, 1.54) is 17.7 Å². The lowest BCUT2D eigenvalue weighted by Gasteiger charge is -2.04. The number of hydrogen-bond acceptors (Lipinski definition) is 3. The molecule has 0 radical (unpaired) electrons. The van der Waals surface area contributed by atoms with Crippen molar-refractivity contribution < 1.29 is 0 Å². The zero-order chi connectivity index (χ0) is 7.73. The van der Waals surface area contributed by atoms with Crippen molar-refractivity contribution in [1.82, 2.24) is 4.98 Å². The third-order valence-electron chi connectivity index (χ3n) is 2.24. The number of rotatable bonds is 3. The van der Waals surface area contributed by atoms with Gasteiger partial charge >= 0.3 is 0 Å². The van der Waals surface area contributed by atoms with Gasteiger partial charge < -0.3 is 5.73 Å². The molecule has 60 valence electrons. The van der Waals surface area contributed by atoms with Gasteiger partial charge in [0.05, 0.1) is 5.51 Å². The molecule has 1 aromatic heterocycles. The Kier molecular flexibility index (Phi) is 1.69. The molecule has 3 heteroatoms. The molecular formula is C8H12N2S. The summed E-state index contributed by atoms with van der Waals surface area (Å²) >= 11 is 1.72. The molecule has 1 saturated carbocycles. The van der Waals surface area contributed by atoms with E-state index in [-0.39, 0.29) is 5.54 Å². The Morgan fingerprint density at radius 3 is 3.00 bits per heavy atom. The van der Waals surface area contributed by atoms with E-state index < -0.39 is 0 Å². The molecule has 1 fully saturated rings. The molecule has 1 aromatic rings. The van der Waals surface area contributed by atoms with Crippen molar-refractivity contribution in [3.05, 3.63) is 16.6 Å². The predicted octanol–water partition coefficient (Wildman–Crippen LogP) is 1.57. The Hall–Kier alpha value is -0.410. The van der Waals surface area contributed by atoms with Crippen LogP contribution in [0.4, 0.5) is 0 Å². The van der Waals surface area contributed by atoms with Gasteiger partial charge in [-0.25, -0.2) is 0 Å². The SMILES string of the molecule is NC1(CCc2cncs2)CC1. The van der Waals surface area contributed by atoms with Crippen LogP contribution in [0, 0.1) is 0 Å². The number of nitrogens with zero attached hydrogens (tertiary/aromatic N) is 1. The maximum Gasteiger partial charge on any atom is 0.0794 e. The monoisotopic (exact) mass is 168 g/mol. The quantitative estimate of drug-likeness (QED) is 0.744. The van der Waals surface area contributed by atoms with Crippen LogP contribution in [-0.4, -0.2) is 10.5 Å². The van der Waals surface area contributed by atoms with Crippen LogP contribution < -0.4 is 5.73 Å². The first kappa shape index (κ1) is 7.25. The minimum atomic E-state index is 0.198. The van der Waals surface area contributed by atoms with E-state index in [4.69, 9.17) is 5.73 Å². The molecule has 1 heterocycles. The highest BCUT2D eigenvalue weighted by molar-refractivity contribution is 7.09. The van der Waals surface area contributed by atoms with E-state index in [0.29, 0.717) is 0 Å². The summed E-state index contributed by atoms with van der Waals surface area (Å²) in [5, 5.41) is 0. The van der Waals surface area contributed by atoms with Crippen LogP contribution >= 0.6 is 11.3 Å². The van der Waals surface area contributed by atoms with E-state index in [0.717, 1.165) is 12.8 Å². The molecule has 0 amide bonds. The maximum absolute atomic E-state index is 5.95. The second-order valence-corrected chi connectivity index (χ2v) is 4.30. The summed E-state index contributed by atoms with van der Waals surface area (Å²) in [6, 6.07) is 0. The first-order valence-electron chi connectivity index (χ1n) is 3.95. The molecule has 0 spiro atoms. The van der Waals surface area contributed by atoms with Gasteiger partial charge in [-0.05, 0) is 25.7 Å². The van der Waals surface area contributed by atoms with Crippen LogP contribution in [0.3, 0.4) is 0 Å². The van der Waals surface area contributed by atoms with Gasteiger partial charge in [0.2, 0.25) is 0 Å². The fraction of sp³-hybridized carbons (Fsp3) is 0.625. The van der Waals surface area contributed by atoms with Crippen molar-refractivity contribution in [3.63, 3.8) is 0 Å². The van der Waals surface area contributed by atoms with Crippen molar-refractivity contribution in [1.29, 1.82) is 0 Å². The minimum Gasteiger partial charge on any atom is -0.325 e. The molecule has 0 saturated heterocycles. The molecule has 0 unspecified atom stereocenters. The Labute approximate surface area is 70.5 Å². The fourth-order valence-corrected chi connectivity index (χ4v) is 1.75. The van der Waals surface area contributed by atoms with Gasteiger partial charge in [-0.3, -0.25) is 4.98 Å². The number of thiazole rings is 1. The Morgan fingerprint density at radius 1 is 1.64 bits per heavy atom.